The molecule has 0 saturated carbocycles. The third-order valence-electron chi connectivity index (χ3n) is 3.73. The molecule has 1 aliphatic rings. The molecule has 1 saturated heterocycles. The number of ether oxygens (including phenoxy) is 2. The van der Waals surface area contributed by atoms with Gasteiger partial charge in [0.2, 0.25) is 5.91 Å². The molecule has 0 unspecified atom stereocenters. The fourth-order valence-electron chi connectivity index (χ4n) is 2.69. The minimum absolute atomic E-state index is 0.0443. The van der Waals surface area contributed by atoms with E-state index in [4.69, 9.17) is 4.74 Å². The predicted octanol–water partition coefficient (Wildman–Crippen LogP) is 3.02. The molecule has 8 heteroatoms. The summed E-state index contributed by atoms with van der Waals surface area (Å²) < 4.78 is 45.8. The van der Waals surface area contributed by atoms with Gasteiger partial charge in [-0.15, -0.1) is 13.2 Å². The Labute approximate surface area is 138 Å². The number of hydrogen-bond acceptors (Lipinski definition) is 4. The number of hydrogen-bond donors (Lipinski definition) is 1. The molecular weight excluding hydrogens is 325 g/mol. The molecule has 5 nitrogen and oxygen atoms in total. The van der Waals surface area contributed by atoms with Crippen LogP contribution >= 0.6 is 0 Å². The van der Waals surface area contributed by atoms with E-state index in [2.05, 4.69) is 10.1 Å². The standard InChI is InChI=1S/C16H21F3N2O3/c1-10-8-21(9-11(2)23-10)12(3)15(22)20-13-4-6-14(7-5-13)24-16(17,18)19/h4-7,10-12H,8-9H2,1-3H3,(H,20,22)/t10-,11+,12-/m1/s1. The first kappa shape index (κ1) is 18.5. The van der Waals surface area contributed by atoms with Gasteiger partial charge < -0.3 is 14.8 Å². The summed E-state index contributed by atoms with van der Waals surface area (Å²) in [7, 11) is 0. The van der Waals surface area contributed by atoms with Crippen molar-refractivity contribution in [2.45, 2.75) is 45.4 Å². The van der Waals surface area contributed by atoms with Crippen molar-refractivity contribution in [3.8, 4) is 5.75 Å². The highest BCUT2D eigenvalue weighted by atomic mass is 19.4. The number of benzene rings is 1. The average molecular weight is 346 g/mol. The Morgan fingerprint density at radius 3 is 2.29 bits per heavy atom. The maximum Gasteiger partial charge on any atom is 0.573 e. The van der Waals surface area contributed by atoms with Gasteiger partial charge in [-0.3, -0.25) is 9.69 Å². The Morgan fingerprint density at radius 1 is 1.25 bits per heavy atom. The van der Waals surface area contributed by atoms with Crippen molar-refractivity contribution in [3.05, 3.63) is 24.3 Å². The molecule has 0 bridgehead atoms. The van der Waals surface area contributed by atoms with E-state index in [1.54, 1.807) is 6.92 Å². The van der Waals surface area contributed by atoms with Gasteiger partial charge in [0.25, 0.3) is 0 Å². The minimum atomic E-state index is -4.73. The largest absolute Gasteiger partial charge is 0.573 e. The monoisotopic (exact) mass is 346 g/mol. The first-order chi connectivity index (χ1) is 11.1. The van der Waals surface area contributed by atoms with Crippen molar-refractivity contribution in [1.82, 2.24) is 4.90 Å². The van der Waals surface area contributed by atoms with Crippen LogP contribution in [0.4, 0.5) is 18.9 Å². The lowest BCUT2D eigenvalue weighted by molar-refractivity contribution is -0.274. The van der Waals surface area contributed by atoms with Gasteiger partial charge in [-0.1, -0.05) is 0 Å². The Kier molecular flexibility index (Phi) is 5.71. The van der Waals surface area contributed by atoms with Crippen LogP contribution in [-0.4, -0.2) is 48.5 Å². The van der Waals surface area contributed by atoms with Crippen LogP contribution in [0.2, 0.25) is 0 Å². The van der Waals surface area contributed by atoms with E-state index in [0.29, 0.717) is 18.8 Å². The zero-order chi connectivity index (χ0) is 17.9. The number of nitrogens with one attached hydrogen (secondary N) is 1. The van der Waals surface area contributed by atoms with Crippen molar-refractivity contribution in [1.29, 1.82) is 0 Å². The van der Waals surface area contributed by atoms with Gasteiger partial charge in [-0.25, -0.2) is 0 Å². The molecule has 1 amide bonds. The number of alkyl halides is 3. The lowest BCUT2D eigenvalue weighted by Crippen LogP contribution is -2.52. The van der Waals surface area contributed by atoms with Crippen molar-refractivity contribution >= 4 is 11.6 Å². The zero-order valence-electron chi connectivity index (χ0n) is 13.8. The van der Waals surface area contributed by atoms with Gasteiger partial charge in [0, 0.05) is 18.8 Å². The lowest BCUT2D eigenvalue weighted by atomic mass is 10.1. The highest BCUT2D eigenvalue weighted by Crippen LogP contribution is 2.24. The summed E-state index contributed by atoms with van der Waals surface area (Å²) in [4.78, 5) is 14.4. The second kappa shape index (κ2) is 7.40. The number of rotatable bonds is 4. The Hall–Kier alpha value is -1.80. The maximum absolute atomic E-state index is 12.3. The lowest BCUT2D eigenvalue weighted by Gasteiger charge is -2.38. The van der Waals surface area contributed by atoms with E-state index in [0.717, 1.165) is 12.1 Å². The molecule has 2 rings (SSSR count). The summed E-state index contributed by atoms with van der Waals surface area (Å²) in [6.45, 7) is 7.00. The summed E-state index contributed by atoms with van der Waals surface area (Å²) in [6, 6.07) is 4.69. The van der Waals surface area contributed by atoms with Crippen LogP contribution in [0, 0.1) is 0 Å². The average Bonchev–Trinajstić information content (AvgIpc) is 2.46. The normalized spacial score (nSPS) is 23.6. The van der Waals surface area contributed by atoms with E-state index >= 15 is 0 Å². The van der Waals surface area contributed by atoms with Crippen molar-refractivity contribution in [2.24, 2.45) is 0 Å². The summed E-state index contributed by atoms with van der Waals surface area (Å²) >= 11 is 0. The first-order valence-corrected chi connectivity index (χ1v) is 7.70. The number of nitrogens with zero attached hydrogens (tertiary/aromatic N) is 1. The van der Waals surface area contributed by atoms with E-state index in [9.17, 15) is 18.0 Å². The Morgan fingerprint density at radius 2 is 1.79 bits per heavy atom. The number of carbonyl (C=O) groups excluding carboxylic acids is 1. The van der Waals surface area contributed by atoms with E-state index in [1.807, 2.05) is 18.7 Å². The molecule has 24 heavy (non-hydrogen) atoms. The topological polar surface area (TPSA) is 50.8 Å². The van der Waals surface area contributed by atoms with Gasteiger partial charge in [-0.05, 0) is 45.0 Å². The maximum atomic E-state index is 12.3. The molecule has 1 N–H and O–H groups in total. The van der Waals surface area contributed by atoms with Gasteiger partial charge in [0.05, 0.1) is 18.2 Å². The summed E-state index contributed by atoms with van der Waals surface area (Å²) in [5.41, 5.74) is 0.413. The molecule has 0 radical (unpaired) electrons. The van der Waals surface area contributed by atoms with E-state index in [1.165, 1.54) is 12.1 Å². The molecule has 1 aromatic rings. The zero-order valence-corrected chi connectivity index (χ0v) is 13.8. The third-order valence-corrected chi connectivity index (χ3v) is 3.73. The minimum Gasteiger partial charge on any atom is -0.406 e. The molecule has 0 spiro atoms. The summed E-state index contributed by atoms with van der Waals surface area (Å²) in [5.74, 6) is -0.551. The van der Waals surface area contributed by atoms with Crippen molar-refractivity contribution in [3.63, 3.8) is 0 Å². The summed E-state index contributed by atoms with van der Waals surface area (Å²) in [5, 5.41) is 2.70. The molecule has 0 aromatic heterocycles. The van der Waals surface area contributed by atoms with Gasteiger partial charge in [0.1, 0.15) is 5.75 Å². The number of morpholine rings is 1. The van der Waals surface area contributed by atoms with E-state index in [-0.39, 0.29) is 29.9 Å². The molecule has 0 aliphatic carbocycles. The van der Waals surface area contributed by atoms with Gasteiger partial charge >= 0.3 is 6.36 Å². The second-order valence-electron chi connectivity index (χ2n) is 5.95. The van der Waals surface area contributed by atoms with Crippen LogP contribution in [0.1, 0.15) is 20.8 Å². The van der Waals surface area contributed by atoms with Crippen LogP contribution in [0.15, 0.2) is 24.3 Å². The number of anilines is 1. The molecule has 134 valence electrons. The van der Waals surface area contributed by atoms with Crippen LogP contribution in [-0.2, 0) is 9.53 Å². The Bertz CT molecular complexity index is 553. The van der Waals surface area contributed by atoms with E-state index < -0.39 is 6.36 Å². The number of amides is 1. The SMILES string of the molecule is C[C@@H]1CN([C@H](C)C(=O)Nc2ccc(OC(F)(F)F)cc2)C[C@H](C)O1. The van der Waals surface area contributed by atoms with Crippen LogP contribution in [0.25, 0.3) is 0 Å². The molecule has 1 heterocycles. The van der Waals surface area contributed by atoms with Gasteiger partial charge in [-0.2, -0.15) is 0 Å². The first-order valence-electron chi connectivity index (χ1n) is 7.70. The van der Waals surface area contributed by atoms with Crippen molar-refractivity contribution < 1.29 is 27.4 Å². The highest BCUT2D eigenvalue weighted by Gasteiger charge is 2.31. The molecule has 3 atom stereocenters. The molecule has 1 aromatic carbocycles. The second-order valence-corrected chi connectivity index (χ2v) is 5.95. The smallest absolute Gasteiger partial charge is 0.406 e. The van der Waals surface area contributed by atoms with Gasteiger partial charge in [0.15, 0.2) is 0 Å². The van der Waals surface area contributed by atoms with Crippen molar-refractivity contribution in [2.75, 3.05) is 18.4 Å². The predicted molar refractivity (Wildman–Crippen MR) is 82.8 cm³/mol. The molecule has 1 aliphatic heterocycles. The van der Waals surface area contributed by atoms with Crippen LogP contribution < -0.4 is 10.1 Å². The van der Waals surface area contributed by atoms with Crippen LogP contribution in [0.3, 0.4) is 0 Å². The third kappa shape index (κ3) is 5.38. The Balaban J connectivity index is 1.93. The summed E-state index contributed by atoms with van der Waals surface area (Å²) in [6.07, 6.45) is -4.64. The highest BCUT2D eigenvalue weighted by molar-refractivity contribution is 5.94. The van der Waals surface area contributed by atoms with Crippen LogP contribution in [0.5, 0.6) is 5.75 Å². The number of halogens is 3. The molecular formula is C16H21F3N2O3. The molecule has 1 fully saturated rings. The fraction of sp³-hybridized carbons (Fsp3) is 0.562. The quantitative estimate of drug-likeness (QED) is 0.911. The fourth-order valence-corrected chi connectivity index (χ4v) is 2.69. The number of carbonyl (C=O) groups is 1.